The summed E-state index contributed by atoms with van der Waals surface area (Å²) in [5.74, 6) is -0.796. The Kier molecular flexibility index (Phi) is 5.29. The number of aromatic nitrogens is 2. The van der Waals surface area contributed by atoms with E-state index in [-0.39, 0.29) is 18.7 Å². The van der Waals surface area contributed by atoms with Crippen molar-refractivity contribution in [3.8, 4) is 0 Å². The van der Waals surface area contributed by atoms with Crippen LogP contribution in [0.2, 0.25) is 15.1 Å². The molecule has 0 saturated heterocycles. The Morgan fingerprint density at radius 3 is 2.58 bits per heavy atom. The summed E-state index contributed by atoms with van der Waals surface area (Å²) in [6, 6.07) is 6.22. The van der Waals surface area contributed by atoms with Crippen LogP contribution in [0.5, 0.6) is 0 Å². The number of carbonyl (C=O) groups is 1. The van der Waals surface area contributed by atoms with Crippen molar-refractivity contribution in [3.05, 3.63) is 50.5 Å². The van der Waals surface area contributed by atoms with Crippen LogP contribution < -0.4 is 5.32 Å². The Balaban J connectivity index is 2.24. The van der Waals surface area contributed by atoms with Crippen LogP contribution in [-0.4, -0.2) is 32.3 Å². The van der Waals surface area contributed by atoms with Gasteiger partial charge in [-0.25, -0.2) is 9.78 Å². The molecule has 0 saturated carbocycles. The van der Waals surface area contributed by atoms with Crippen LogP contribution in [0, 0.1) is 6.92 Å². The van der Waals surface area contributed by atoms with Gasteiger partial charge in [-0.3, -0.25) is 0 Å². The highest BCUT2D eigenvalue weighted by Crippen LogP contribution is 2.35. The number of halogens is 3. The minimum atomic E-state index is -1.11. The van der Waals surface area contributed by atoms with Crippen molar-refractivity contribution in [2.75, 3.05) is 11.9 Å². The Hall–Kier alpha value is -1.99. The van der Waals surface area contributed by atoms with Crippen molar-refractivity contribution < 1.29 is 15.0 Å². The van der Waals surface area contributed by atoms with Crippen molar-refractivity contribution in [1.29, 1.82) is 0 Å². The summed E-state index contributed by atoms with van der Waals surface area (Å²) in [4.78, 5) is 16.0. The van der Waals surface area contributed by atoms with Gasteiger partial charge < -0.3 is 20.1 Å². The van der Waals surface area contributed by atoms with Crippen LogP contribution in [0.25, 0.3) is 11.0 Å². The van der Waals surface area contributed by atoms with E-state index in [0.29, 0.717) is 37.7 Å². The molecule has 3 N–H and O–H groups in total. The molecule has 0 fully saturated rings. The molecule has 136 valence electrons. The fourth-order valence-corrected chi connectivity index (χ4v) is 3.60. The summed E-state index contributed by atoms with van der Waals surface area (Å²) >= 11 is 18.5. The lowest BCUT2D eigenvalue weighted by Crippen LogP contribution is -2.10. The van der Waals surface area contributed by atoms with E-state index >= 15 is 0 Å². The molecule has 0 aliphatic rings. The Bertz CT molecular complexity index is 994. The molecule has 0 bridgehead atoms. The lowest BCUT2D eigenvalue weighted by atomic mass is 10.2. The molecule has 0 spiro atoms. The van der Waals surface area contributed by atoms with Crippen LogP contribution >= 0.6 is 34.8 Å². The Morgan fingerprint density at radius 2 is 1.96 bits per heavy atom. The maximum Gasteiger partial charge on any atom is 0.337 e. The number of aliphatic hydroxyl groups excluding tert-OH is 1. The molecular weight excluding hydrogens is 401 g/mol. The van der Waals surface area contributed by atoms with Gasteiger partial charge in [0.15, 0.2) is 0 Å². The van der Waals surface area contributed by atoms with E-state index in [9.17, 15) is 15.0 Å². The van der Waals surface area contributed by atoms with E-state index in [1.54, 1.807) is 16.7 Å². The smallest absolute Gasteiger partial charge is 0.337 e. The molecule has 0 atom stereocenters. The third-order valence-electron chi connectivity index (χ3n) is 3.89. The predicted octanol–water partition coefficient (Wildman–Crippen LogP) is 4.74. The molecule has 9 heteroatoms. The molecule has 0 aliphatic heterocycles. The second kappa shape index (κ2) is 7.32. The summed E-state index contributed by atoms with van der Waals surface area (Å²) in [5.41, 5.74) is 2.06. The number of anilines is 2. The Morgan fingerprint density at radius 1 is 1.23 bits per heavy atom. The first-order valence-corrected chi connectivity index (χ1v) is 8.72. The van der Waals surface area contributed by atoms with Crippen LogP contribution in [0.4, 0.5) is 11.6 Å². The lowest BCUT2D eigenvalue weighted by molar-refractivity contribution is 0.0698. The molecule has 1 heterocycles. The highest BCUT2D eigenvalue weighted by Gasteiger charge is 2.21. The molecule has 0 aliphatic carbocycles. The number of imidazole rings is 1. The monoisotopic (exact) mass is 413 g/mol. The van der Waals surface area contributed by atoms with Crippen molar-refractivity contribution in [1.82, 2.24) is 9.55 Å². The van der Waals surface area contributed by atoms with Crippen LogP contribution in [0.1, 0.15) is 15.9 Å². The zero-order chi connectivity index (χ0) is 19.0. The fraction of sp³-hybridized carbons (Fsp3) is 0.176. The first-order valence-electron chi connectivity index (χ1n) is 7.59. The first kappa shape index (κ1) is 18.8. The van der Waals surface area contributed by atoms with Gasteiger partial charge in [0, 0.05) is 11.6 Å². The van der Waals surface area contributed by atoms with Gasteiger partial charge in [-0.15, -0.1) is 0 Å². The molecule has 3 rings (SSSR count). The van der Waals surface area contributed by atoms with E-state index in [4.69, 9.17) is 34.8 Å². The van der Waals surface area contributed by atoms with Crippen LogP contribution in [0.3, 0.4) is 0 Å². The van der Waals surface area contributed by atoms with Crippen molar-refractivity contribution in [2.45, 2.75) is 13.5 Å². The zero-order valence-corrected chi connectivity index (χ0v) is 15.8. The molecule has 6 nitrogen and oxygen atoms in total. The first-order chi connectivity index (χ1) is 12.3. The molecule has 0 radical (unpaired) electrons. The molecule has 0 amide bonds. The van der Waals surface area contributed by atoms with Gasteiger partial charge in [-0.05, 0) is 36.8 Å². The Labute approximate surface area is 163 Å². The summed E-state index contributed by atoms with van der Waals surface area (Å²) in [6.45, 7) is 1.75. The minimum absolute atomic E-state index is 0.0392. The van der Waals surface area contributed by atoms with Crippen LogP contribution in [-0.2, 0) is 6.54 Å². The number of fused-ring (bicyclic) bond motifs is 1. The molecule has 26 heavy (non-hydrogen) atoms. The van der Waals surface area contributed by atoms with Gasteiger partial charge >= 0.3 is 5.97 Å². The maximum atomic E-state index is 11.6. The normalized spacial score (nSPS) is 11.1. The summed E-state index contributed by atoms with van der Waals surface area (Å²) in [5, 5.41) is 23.2. The number of hydrogen-bond acceptors (Lipinski definition) is 4. The molecular formula is C17H14Cl3N3O3. The largest absolute Gasteiger partial charge is 0.478 e. The van der Waals surface area contributed by atoms with Crippen LogP contribution in [0.15, 0.2) is 24.3 Å². The van der Waals surface area contributed by atoms with Crippen molar-refractivity contribution in [3.63, 3.8) is 0 Å². The number of carboxylic acids is 1. The van der Waals surface area contributed by atoms with E-state index in [0.717, 1.165) is 5.56 Å². The number of rotatable bonds is 5. The second-order valence-corrected chi connectivity index (χ2v) is 6.86. The average Bonchev–Trinajstić information content (AvgIpc) is 2.91. The van der Waals surface area contributed by atoms with E-state index < -0.39 is 5.97 Å². The molecule has 0 unspecified atom stereocenters. The van der Waals surface area contributed by atoms with E-state index in [1.165, 1.54) is 12.1 Å². The summed E-state index contributed by atoms with van der Waals surface area (Å²) in [7, 11) is 0. The standard InChI is InChI=1S/C17H14Cl3N3O3/c1-8-6-9(18)7-12(20)13(8)21-17-22-14-11(19)3-2-10(16(25)26)15(14)23(17)4-5-24/h2-3,6-7,24H,4-5H2,1H3,(H,21,22)(H,25,26). The summed E-state index contributed by atoms with van der Waals surface area (Å²) in [6.07, 6.45) is 0. The van der Waals surface area contributed by atoms with Gasteiger partial charge in [0.05, 0.1) is 33.4 Å². The van der Waals surface area contributed by atoms with Gasteiger partial charge in [-0.2, -0.15) is 0 Å². The minimum Gasteiger partial charge on any atom is -0.478 e. The lowest BCUT2D eigenvalue weighted by Gasteiger charge is -2.14. The number of hydrogen-bond donors (Lipinski definition) is 3. The number of benzene rings is 2. The van der Waals surface area contributed by atoms with Gasteiger partial charge in [0.1, 0.15) is 5.52 Å². The number of aromatic carboxylic acids is 1. The van der Waals surface area contributed by atoms with Gasteiger partial charge in [0.25, 0.3) is 0 Å². The number of nitrogens with one attached hydrogen (secondary N) is 1. The topological polar surface area (TPSA) is 87.4 Å². The zero-order valence-electron chi connectivity index (χ0n) is 13.6. The van der Waals surface area contributed by atoms with E-state index in [2.05, 4.69) is 10.3 Å². The number of carboxylic acid groups (broad SMARTS) is 1. The molecule has 3 aromatic rings. The highest BCUT2D eigenvalue weighted by atomic mass is 35.5. The highest BCUT2D eigenvalue weighted by molar-refractivity contribution is 6.37. The van der Waals surface area contributed by atoms with E-state index in [1.807, 2.05) is 6.92 Å². The average molecular weight is 415 g/mol. The number of aliphatic hydroxyl groups is 1. The fourth-order valence-electron chi connectivity index (χ4n) is 2.76. The van der Waals surface area contributed by atoms with Crippen molar-refractivity contribution in [2.24, 2.45) is 0 Å². The number of nitrogens with zero attached hydrogens (tertiary/aromatic N) is 2. The third-order valence-corrected chi connectivity index (χ3v) is 4.71. The number of aryl methyl sites for hydroxylation is 1. The quantitative estimate of drug-likeness (QED) is 0.561. The molecule has 2 aromatic carbocycles. The van der Waals surface area contributed by atoms with Crippen molar-refractivity contribution >= 4 is 63.4 Å². The SMILES string of the molecule is Cc1cc(Cl)cc(Cl)c1Nc1nc2c(Cl)ccc(C(=O)O)c2n1CCO. The second-order valence-electron chi connectivity index (χ2n) is 5.61. The van der Waals surface area contributed by atoms with Gasteiger partial charge in [-0.1, -0.05) is 34.8 Å². The maximum absolute atomic E-state index is 11.6. The third kappa shape index (κ3) is 3.33. The van der Waals surface area contributed by atoms with Gasteiger partial charge in [0.2, 0.25) is 5.95 Å². The molecule has 1 aromatic heterocycles. The predicted molar refractivity (Wildman–Crippen MR) is 103 cm³/mol. The summed E-state index contributed by atoms with van der Waals surface area (Å²) < 4.78 is 1.56.